The number of aromatic nitrogens is 1. The van der Waals surface area contributed by atoms with Gasteiger partial charge in [-0.05, 0) is 31.0 Å². The maximum absolute atomic E-state index is 12.4. The number of hydrogen-bond acceptors (Lipinski definition) is 3. The number of nitrogens with zero attached hydrogens (tertiary/aromatic N) is 2. The van der Waals surface area contributed by atoms with E-state index in [2.05, 4.69) is 17.2 Å². The molecule has 0 spiro atoms. The van der Waals surface area contributed by atoms with Crippen molar-refractivity contribution in [3.05, 3.63) is 36.0 Å². The standard InChI is InChI=1S/C19H27N3O2/c1-5-6-8-14(2)21-19(23)22(3)13-15-10-11-17(24-4)18-16(15)9-7-12-20-18/h7,9-12,14H,5-6,8,13H2,1-4H3,(H,21,23). The molecule has 1 aromatic heterocycles. The van der Waals surface area contributed by atoms with Crippen LogP contribution in [0.25, 0.3) is 10.9 Å². The van der Waals surface area contributed by atoms with Crippen molar-refractivity contribution >= 4 is 16.9 Å². The Morgan fingerprint density at radius 1 is 1.38 bits per heavy atom. The first-order valence-electron chi connectivity index (χ1n) is 8.49. The van der Waals surface area contributed by atoms with E-state index in [0.29, 0.717) is 6.54 Å². The number of benzene rings is 1. The minimum absolute atomic E-state index is 0.0496. The average Bonchev–Trinajstić information content (AvgIpc) is 2.60. The summed E-state index contributed by atoms with van der Waals surface area (Å²) < 4.78 is 5.37. The largest absolute Gasteiger partial charge is 0.494 e. The first-order valence-corrected chi connectivity index (χ1v) is 8.49. The number of amides is 2. The first-order chi connectivity index (χ1) is 11.6. The van der Waals surface area contributed by atoms with Crippen molar-refractivity contribution in [2.45, 2.75) is 45.7 Å². The van der Waals surface area contributed by atoms with Gasteiger partial charge in [0.25, 0.3) is 0 Å². The summed E-state index contributed by atoms with van der Waals surface area (Å²) in [7, 11) is 3.45. The summed E-state index contributed by atoms with van der Waals surface area (Å²) in [5.74, 6) is 0.745. The second-order valence-corrected chi connectivity index (χ2v) is 6.18. The number of pyridine rings is 1. The van der Waals surface area contributed by atoms with Crippen molar-refractivity contribution in [1.29, 1.82) is 0 Å². The fourth-order valence-electron chi connectivity index (χ4n) is 2.74. The lowest BCUT2D eigenvalue weighted by Gasteiger charge is -2.22. The van der Waals surface area contributed by atoms with Crippen molar-refractivity contribution < 1.29 is 9.53 Å². The smallest absolute Gasteiger partial charge is 0.317 e. The number of unbranched alkanes of at least 4 members (excludes halogenated alkanes) is 1. The Bertz CT molecular complexity index is 687. The molecule has 0 aliphatic carbocycles. The molecule has 2 rings (SSSR count). The molecule has 5 nitrogen and oxygen atoms in total. The third-order valence-electron chi connectivity index (χ3n) is 4.16. The highest BCUT2D eigenvalue weighted by molar-refractivity contribution is 5.87. The van der Waals surface area contributed by atoms with E-state index in [1.54, 1.807) is 18.2 Å². The van der Waals surface area contributed by atoms with Crippen LogP contribution in [0.3, 0.4) is 0 Å². The molecule has 130 valence electrons. The van der Waals surface area contributed by atoms with Gasteiger partial charge in [0.1, 0.15) is 11.3 Å². The van der Waals surface area contributed by atoms with E-state index in [4.69, 9.17) is 4.74 Å². The molecule has 0 radical (unpaired) electrons. The van der Waals surface area contributed by atoms with E-state index in [-0.39, 0.29) is 12.1 Å². The second kappa shape index (κ2) is 8.52. The zero-order chi connectivity index (χ0) is 17.5. The van der Waals surface area contributed by atoms with Gasteiger partial charge < -0.3 is 15.0 Å². The van der Waals surface area contributed by atoms with Gasteiger partial charge in [-0.2, -0.15) is 0 Å². The maximum atomic E-state index is 12.4. The lowest BCUT2D eigenvalue weighted by molar-refractivity contribution is 0.203. The summed E-state index contributed by atoms with van der Waals surface area (Å²) in [4.78, 5) is 18.5. The normalized spacial score (nSPS) is 12.0. The number of urea groups is 1. The molecule has 1 atom stereocenters. The van der Waals surface area contributed by atoms with E-state index >= 15 is 0 Å². The summed E-state index contributed by atoms with van der Waals surface area (Å²) in [6.07, 6.45) is 5.02. The van der Waals surface area contributed by atoms with E-state index < -0.39 is 0 Å². The van der Waals surface area contributed by atoms with Crippen LogP contribution in [0.2, 0.25) is 0 Å². The number of fused-ring (bicyclic) bond motifs is 1. The molecule has 1 aromatic carbocycles. The third-order valence-corrected chi connectivity index (χ3v) is 4.16. The maximum Gasteiger partial charge on any atom is 0.317 e. The van der Waals surface area contributed by atoms with Gasteiger partial charge in [0, 0.05) is 31.2 Å². The van der Waals surface area contributed by atoms with Gasteiger partial charge in [0.15, 0.2) is 0 Å². The highest BCUT2D eigenvalue weighted by Crippen LogP contribution is 2.27. The average molecular weight is 329 g/mol. The number of ether oxygens (including phenoxy) is 1. The number of rotatable bonds is 7. The molecule has 1 heterocycles. The topological polar surface area (TPSA) is 54.5 Å². The molecule has 1 N–H and O–H groups in total. The molecule has 0 aliphatic heterocycles. The summed E-state index contributed by atoms with van der Waals surface area (Å²) >= 11 is 0. The third kappa shape index (κ3) is 4.37. The van der Waals surface area contributed by atoms with Gasteiger partial charge in [-0.25, -0.2) is 4.79 Å². The van der Waals surface area contributed by atoms with Crippen LogP contribution in [0.1, 0.15) is 38.7 Å². The Labute approximate surface area is 144 Å². The van der Waals surface area contributed by atoms with Crippen molar-refractivity contribution in [2.75, 3.05) is 14.2 Å². The Morgan fingerprint density at radius 3 is 2.88 bits per heavy atom. The van der Waals surface area contributed by atoms with Crippen LogP contribution >= 0.6 is 0 Å². The minimum Gasteiger partial charge on any atom is -0.494 e. The molecule has 0 aliphatic rings. The SMILES string of the molecule is CCCCC(C)NC(=O)N(C)Cc1ccc(OC)c2ncccc12. The van der Waals surface area contributed by atoms with Crippen LogP contribution in [-0.4, -0.2) is 36.1 Å². The Balaban J connectivity index is 2.10. The molecule has 1 unspecified atom stereocenters. The minimum atomic E-state index is -0.0496. The zero-order valence-electron chi connectivity index (χ0n) is 15.0. The van der Waals surface area contributed by atoms with Crippen LogP contribution in [0, 0.1) is 0 Å². The van der Waals surface area contributed by atoms with Gasteiger partial charge >= 0.3 is 6.03 Å². The summed E-state index contributed by atoms with van der Waals surface area (Å²) in [5.41, 5.74) is 1.88. The van der Waals surface area contributed by atoms with Crippen LogP contribution in [0.5, 0.6) is 5.75 Å². The number of methoxy groups -OCH3 is 1. The molecule has 2 amide bonds. The Morgan fingerprint density at radius 2 is 2.17 bits per heavy atom. The lowest BCUT2D eigenvalue weighted by Crippen LogP contribution is -2.41. The summed E-state index contributed by atoms with van der Waals surface area (Å²) in [6, 6.07) is 7.95. The number of carbonyl (C=O) groups is 1. The monoisotopic (exact) mass is 329 g/mol. The van der Waals surface area contributed by atoms with Crippen molar-refractivity contribution in [3.63, 3.8) is 0 Å². The molecule has 0 bridgehead atoms. The fraction of sp³-hybridized carbons (Fsp3) is 0.474. The predicted molar refractivity (Wildman–Crippen MR) is 97.3 cm³/mol. The van der Waals surface area contributed by atoms with Gasteiger partial charge in [-0.1, -0.05) is 31.9 Å². The van der Waals surface area contributed by atoms with E-state index in [1.807, 2.05) is 38.2 Å². The van der Waals surface area contributed by atoms with E-state index in [9.17, 15) is 4.79 Å². The number of nitrogens with one attached hydrogen (secondary N) is 1. The summed E-state index contributed by atoms with van der Waals surface area (Å²) in [5, 5.41) is 4.06. The molecular weight excluding hydrogens is 302 g/mol. The molecule has 2 aromatic rings. The molecule has 0 fully saturated rings. The Hall–Kier alpha value is -2.30. The van der Waals surface area contributed by atoms with Gasteiger partial charge in [0.05, 0.1) is 7.11 Å². The highest BCUT2D eigenvalue weighted by atomic mass is 16.5. The fourth-order valence-corrected chi connectivity index (χ4v) is 2.74. The van der Waals surface area contributed by atoms with Crippen LogP contribution in [0.4, 0.5) is 4.79 Å². The van der Waals surface area contributed by atoms with Crippen molar-refractivity contribution in [3.8, 4) is 5.75 Å². The molecule has 0 saturated carbocycles. The molecule has 5 heteroatoms. The van der Waals surface area contributed by atoms with Crippen molar-refractivity contribution in [1.82, 2.24) is 15.2 Å². The van der Waals surface area contributed by atoms with Gasteiger partial charge in [-0.3, -0.25) is 4.98 Å². The van der Waals surface area contributed by atoms with E-state index in [1.165, 1.54) is 0 Å². The molecular formula is C19H27N3O2. The number of hydrogen-bond donors (Lipinski definition) is 1. The zero-order valence-corrected chi connectivity index (χ0v) is 15.0. The van der Waals surface area contributed by atoms with Gasteiger partial charge in [0.2, 0.25) is 0 Å². The quantitative estimate of drug-likeness (QED) is 0.836. The van der Waals surface area contributed by atoms with Crippen LogP contribution < -0.4 is 10.1 Å². The molecule has 24 heavy (non-hydrogen) atoms. The van der Waals surface area contributed by atoms with Crippen LogP contribution in [0.15, 0.2) is 30.5 Å². The predicted octanol–water partition coefficient (Wildman–Crippen LogP) is 3.96. The Kier molecular flexibility index (Phi) is 6.41. The van der Waals surface area contributed by atoms with Gasteiger partial charge in [-0.15, -0.1) is 0 Å². The van der Waals surface area contributed by atoms with Crippen LogP contribution in [-0.2, 0) is 6.54 Å². The first kappa shape index (κ1) is 18.0. The highest BCUT2D eigenvalue weighted by Gasteiger charge is 2.14. The number of carbonyl (C=O) groups excluding carboxylic acids is 1. The summed E-state index contributed by atoms with van der Waals surface area (Å²) in [6.45, 7) is 4.73. The second-order valence-electron chi connectivity index (χ2n) is 6.18. The molecule has 0 saturated heterocycles. The lowest BCUT2D eigenvalue weighted by atomic mass is 10.1. The van der Waals surface area contributed by atoms with E-state index in [0.717, 1.165) is 41.5 Å². The van der Waals surface area contributed by atoms with Crippen molar-refractivity contribution in [2.24, 2.45) is 0 Å².